The van der Waals surface area contributed by atoms with Gasteiger partial charge in [-0.2, -0.15) is 4.31 Å². The van der Waals surface area contributed by atoms with Gasteiger partial charge in [-0.15, -0.1) is 0 Å². The fourth-order valence-electron chi connectivity index (χ4n) is 3.24. The van der Waals surface area contributed by atoms with Crippen molar-refractivity contribution in [3.8, 4) is 5.75 Å². The SMILES string of the molecule is COc1cc([N+](=O)[O-])ccc1S(=O)(=O)N1CCC(n2cncc2C)CC1. The molecule has 1 fully saturated rings. The average Bonchev–Trinajstić information content (AvgIpc) is 3.07. The maximum absolute atomic E-state index is 13.0. The molecule has 0 N–H and O–H groups in total. The van der Waals surface area contributed by atoms with Gasteiger partial charge in [-0.3, -0.25) is 10.1 Å². The molecule has 0 radical (unpaired) electrons. The first-order valence-electron chi connectivity index (χ1n) is 8.15. The second-order valence-electron chi connectivity index (χ2n) is 6.17. The Kier molecular flexibility index (Phi) is 4.97. The number of sulfonamides is 1. The molecular weight excluding hydrogens is 360 g/mol. The van der Waals surface area contributed by atoms with Gasteiger partial charge in [0.2, 0.25) is 10.0 Å². The van der Waals surface area contributed by atoms with Crippen molar-refractivity contribution < 1.29 is 18.1 Å². The molecule has 0 amide bonds. The molecule has 0 saturated carbocycles. The van der Waals surface area contributed by atoms with Crippen LogP contribution in [0.4, 0.5) is 5.69 Å². The molecule has 0 spiro atoms. The molecule has 0 unspecified atom stereocenters. The maximum atomic E-state index is 13.0. The highest BCUT2D eigenvalue weighted by Crippen LogP contribution is 2.33. The van der Waals surface area contributed by atoms with E-state index < -0.39 is 14.9 Å². The minimum atomic E-state index is -3.79. The van der Waals surface area contributed by atoms with Gasteiger partial charge in [-0.25, -0.2) is 13.4 Å². The fourth-order valence-corrected chi connectivity index (χ4v) is 4.84. The Morgan fingerprint density at radius 1 is 1.31 bits per heavy atom. The van der Waals surface area contributed by atoms with Gasteiger partial charge in [-0.1, -0.05) is 0 Å². The molecule has 10 heteroatoms. The van der Waals surface area contributed by atoms with E-state index in [0.717, 1.165) is 11.8 Å². The van der Waals surface area contributed by atoms with Gasteiger partial charge in [0.05, 0.1) is 24.4 Å². The lowest BCUT2D eigenvalue weighted by molar-refractivity contribution is -0.385. The van der Waals surface area contributed by atoms with E-state index >= 15 is 0 Å². The van der Waals surface area contributed by atoms with Crippen LogP contribution in [0.5, 0.6) is 5.75 Å². The lowest BCUT2D eigenvalue weighted by Gasteiger charge is -2.32. The number of nitrogens with zero attached hydrogens (tertiary/aromatic N) is 4. The van der Waals surface area contributed by atoms with Crippen molar-refractivity contribution in [3.05, 3.63) is 46.5 Å². The molecule has 0 atom stereocenters. The monoisotopic (exact) mass is 380 g/mol. The van der Waals surface area contributed by atoms with Gasteiger partial charge in [0.15, 0.2) is 0 Å². The van der Waals surface area contributed by atoms with Crippen LogP contribution < -0.4 is 4.74 Å². The van der Waals surface area contributed by atoms with Crippen LogP contribution >= 0.6 is 0 Å². The van der Waals surface area contributed by atoms with Gasteiger partial charge >= 0.3 is 0 Å². The molecule has 26 heavy (non-hydrogen) atoms. The molecule has 1 aromatic carbocycles. The van der Waals surface area contributed by atoms with E-state index in [2.05, 4.69) is 9.55 Å². The Labute approximate surface area is 151 Å². The standard InChI is InChI=1S/C16H20N4O5S/c1-12-10-17-11-19(12)13-5-7-18(8-6-13)26(23,24)16-4-3-14(20(21)22)9-15(16)25-2/h3-4,9-11,13H,5-8H2,1-2H3. The highest BCUT2D eigenvalue weighted by atomic mass is 32.2. The first-order valence-corrected chi connectivity index (χ1v) is 9.59. The Morgan fingerprint density at radius 3 is 2.54 bits per heavy atom. The quantitative estimate of drug-likeness (QED) is 0.581. The number of non-ortho nitro benzene ring substituents is 1. The second kappa shape index (κ2) is 7.04. The van der Waals surface area contributed by atoms with Gasteiger partial charge in [0.25, 0.3) is 5.69 Å². The number of hydrogen-bond donors (Lipinski definition) is 0. The van der Waals surface area contributed by atoms with Crippen LogP contribution in [0.1, 0.15) is 24.6 Å². The van der Waals surface area contributed by atoms with Crippen LogP contribution in [0, 0.1) is 17.0 Å². The zero-order chi connectivity index (χ0) is 18.9. The Bertz CT molecular complexity index is 916. The smallest absolute Gasteiger partial charge is 0.273 e. The summed E-state index contributed by atoms with van der Waals surface area (Å²) in [5, 5.41) is 10.9. The van der Waals surface area contributed by atoms with Crippen LogP contribution in [0.2, 0.25) is 0 Å². The lowest BCUT2D eigenvalue weighted by atomic mass is 10.1. The Balaban J connectivity index is 1.81. The predicted octanol–water partition coefficient (Wildman–Crippen LogP) is 2.13. The molecule has 0 aliphatic carbocycles. The molecular formula is C16H20N4O5S. The van der Waals surface area contributed by atoms with Crippen molar-refractivity contribution in [2.75, 3.05) is 20.2 Å². The van der Waals surface area contributed by atoms with E-state index in [0.29, 0.717) is 25.9 Å². The summed E-state index contributed by atoms with van der Waals surface area (Å²) in [7, 11) is -2.49. The number of hydrogen-bond acceptors (Lipinski definition) is 6. The minimum Gasteiger partial charge on any atom is -0.495 e. The van der Waals surface area contributed by atoms with Crippen LogP contribution in [-0.4, -0.2) is 47.4 Å². The fraction of sp³-hybridized carbons (Fsp3) is 0.438. The van der Waals surface area contributed by atoms with E-state index in [1.807, 2.05) is 6.92 Å². The van der Waals surface area contributed by atoms with E-state index in [1.54, 1.807) is 12.5 Å². The summed E-state index contributed by atoms with van der Waals surface area (Å²) in [5.41, 5.74) is 0.832. The summed E-state index contributed by atoms with van der Waals surface area (Å²) in [6.07, 6.45) is 4.89. The minimum absolute atomic E-state index is 0.0215. The highest BCUT2D eigenvalue weighted by Gasteiger charge is 2.32. The number of benzene rings is 1. The summed E-state index contributed by atoms with van der Waals surface area (Å²) < 4.78 is 34.5. The number of methoxy groups -OCH3 is 1. The number of rotatable bonds is 5. The molecule has 1 saturated heterocycles. The van der Waals surface area contributed by atoms with Gasteiger partial charge in [-0.05, 0) is 25.8 Å². The zero-order valence-electron chi connectivity index (χ0n) is 14.5. The lowest BCUT2D eigenvalue weighted by Crippen LogP contribution is -2.39. The third-order valence-corrected chi connectivity index (χ3v) is 6.59. The number of piperidine rings is 1. The van der Waals surface area contributed by atoms with Crippen molar-refractivity contribution in [2.45, 2.75) is 30.7 Å². The molecule has 1 aliphatic rings. The van der Waals surface area contributed by atoms with E-state index in [9.17, 15) is 18.5 Å². The summed E-state index contributed by atoms with van der Waals surface area (Å²) in [5.74, 6) is -0.0215. The first-order chi connectivity index (χ1) is 12.3. The topological polar surface area (TPSA) is 108 Å². The molecule has 0 bridgehead atoms. The predicted molar refractivity (Wildman–Crippen MR) is 93.6 cm³/mol. The van der Waals surface area contributed by atoms with Crippen LogP contribution in [0.25, 0.3) is 0 Å². The molecule has 2 heterocycles. The zero-order valence-corrected chi connectivity index (χ0v) is 15.3. The number of imidazole rings is 1. The summed E-state index contributed by atoms with van der Waals surface area (Å²) in [4.78, 5) is 14.4. The van der Waals surface area contributed by atoms with Crippen molar-refractivity contribution in [2.24, 2.45) is 0 Å². The van der Waals surface area contributed by atoms with Crippen molar-refractivity contribution in [1.29, 1.82) is 0 Å². The number of nitro benzene ring substituents is 1. The Morgan fingerprint density at radius 2 is 2.00 bits per heavy atom. The van der Waals surface area contributed by atoms with Gasteiger partial charge in [0.1, 0.15) is 10.6 Å². The molecule has 1 aromatic heterocycles. The van der Waals surface area contributed by atoms with Gasteiger partial charge < -0.3 is 9.30 Å². The van der Waals surface area contributed by atoms with Crippen molar-refractivity contribution in [3.63, 3.8) is 0 Å². The molecule has 3 rings (SSSR count). The third-order valence-electron chi connectivity index (χ3n) is 4.65. The van der Waals surface area contributed by atoms with E-state index in [-0.39, 0.29) is 22.4 Å². The highest BCUT2D eigenvalue weighted by molar-refractivity contribution is 7.89. The summed E-state index contributed by atoms with van der Waals surface area (Å²) in [6, 6.07) is 3.76. The normalized spacial score (nSPS) is 16.5. The van der Waals surface area contributed by atoms with Crippen molar-refractivity contribution >= 4 is 15.7 Å². The summed E-state index contributed by atoms with van der Waals surface area (Å²) in [6.45, 7) is 2.70. The molecule has 1 aliphatic heterocycles. The number of aryl methyl sites for hydroxylation is 1. The van der Waals surface area contributed by atoms with E-state index in [1.165, 1.54) is 23.5 Å². The first kappa shape index (κ1) is 18.3. The largest absolute Gasteiger partial charge is 0.495 e. The third kappa shape index (κ3) is 3.29. The molecule has 140 valence electrons. The average molecular weight is 380 g/mol. The van der Waals surface area contributed by atoms with Crippen molar-refractivity contribution in [1.82, 2.24) is 13.9 Å². The van der Waals surface area contributed by atoms with Gasteiger partial charge in [0, 0.05) is 37.1 Å². The van der Waals surface area contributed by atoms with Crippen LogP contribution in [-0.2, 0) is 10.0 Å². The summed E-state index contributed by atoms with van der Waals surface area (Å²) >= 11 is 0. The number of ether oxygens (including phenoxy) is 1. The molecule has 2 aromatic rings. The Hall–Kier alpha value is -2.46. The maximum Gasteiger partial charge on any atom is 0.273 e. The van der Waals surface area contributed by atoms with Crippen LogP contribution in [0.15, 0.2) is 35.6 Å². The number of aromatic nitrogens is 2. The molecule has 9 nitrogen and oxygen atoms in total. The van der Waals surface area contributed by atoms with E-state index in [4.69, 9.17) is 4.74 Å². The second-order valence-corrected chi connectivity index (χ2v) is 8.08. The number of nitro groups is 1. The van der Waals surface area contributed by atoms with Crippen LogP contribution in [0.3, 0.4) is 0 Å².